The molecule has 3 rings (SSSR count). The number of unbranched alkanes of at least 4 members (excludes halogenated alkanes) is 24. The van der Waals surface area contributed by atoms with Gasteiger partial charge in [-0.2, -0.15) is 0 Å². The number of cyclic esters (lactones) is 1. The van der Waals surface area contributed by atoms with Gasteiger partial charge in [0, 0.05) is 37.3 Å². The highest BCUT2D eigenvalue weighted by Gasteiger charge is 2.39. The first kappa shape index (κ1) is 50.4. The highest BCUT2D eigenvalue weighted by atomic mass is 35.5. The van der Waals surface area contributed by atoms with Gasteiger partial charge in [0.2, 0.25) is 0 Å². The highest BCUT2D eigenvalue weighted by molar-refractivity contribution is 6.34. The van der Waals surface area contributed by atoms with Gasteiger partial charge in [0.1, 0.15) is 23.5 Å². The SMILES string of the molecule is CCCCCCCCCCCCCCCC(=O)Oc1cc(OC(=O)CCCCCCCCCCCCCCC)c2c(c1Cl)CC(=O)/C=C/C=C/C1OC1CC(C)OC2=O. The molecule has 0 bridgehead atoms. The smallest absolute Gasteiger partial charge is 0.342 e. The molecule has 332 valence electrons. The molecule has 0 radical (unpaired) electrons. The minimum absolute atomic E-state index is 0.0540. The Morgan fingerprint density at radius 2 is 1.08 bits per heavy atom. The summed E-state index contributed by atoms with van der Waals surface area (Å²) in [6.45, 7) is 6.26. The standard InChI is InChI=1S/C50H77ClO8/c1-4-6-8-10-12-14-16-18-20-22-24-26-28-34-46(53)58-44-38-45(59-47(54)35-29-27-25-23-21-19-17-15-13-11-9-7-5-2)49(51)41-37-40(52)32-30-31-33-42-43(57-42)36-39(3)56-50(55)48(41)44/h30-33,38-39,42-43H,4-29,34-37H2,1-3H3/b32-30+,33-31+. The Bertz CT molecular complexity index is 1450. The van der Waals surface area contributed by atoms with Crippen LogP contribution in [0, 0.1) is 0 Å². The van der Waals surface area contributed by atoms with Crippen LogP contribution in [0.3, 0.4) is 0 Å². The van der Waals surface area contributed by atoms with E-state index in [1.54, 1.807) is 19.1 Å². The number of carbonyl (C=O) groups is 4. The van der Waals surface area contributed by atoms with Crippen molar-refractivity contribution < 1.29 is 38.1 Å². The van der Waals surface area contributed by atoms with Crippen molar-refractivity contribution in [3.05, 3.63) is 46.5 Å². The lowest BCUT2D eigenvalue weighted by molar-refractivity contribution is -0.135. The number of carbonyl (C=O) groups excluding carboxylic acids is 4. The number of epoxide rings is 1. The van der Waals surface area contributed by atoms with Gasteiger partial charge in [-0.05, 0) is 25.8 Å². The highest BCUT2D eigenvalue weighted by Crippen LogP contribution is 2.40. The van der Waals surface area contributed by atoms with E-state index in [1.165, 1.54) is 128 Å². The summed E-state index contributed by atoms with van der Waals surface area (Å²) in [5, 5.41) is -0.0606. The molecule has 2 aliphatic heterocycles. The van der Waals surface area contributed by atoms with E-state index < -0.39 is 24.0 Å². The quantitative estimate of drug-likeness (QED) is 0.0326. The first-order valence-corrected chi connectivity index (χ1v) is 24.1. The molecule has 1 aromatic rings. The van der Waals surface area contributed by atoms with E-state index in [4.69, 9.17) is 30.5 Å². The average Bonchev–Trinajstić information content (AvgIpc) is 3.95. The van der Waals surface area contributed by atoms with E-state index in [9.17, 15) is 19.2 Å². The molecule has 0 amide bonds. The number of rotatable bonds is 30. The molecular weight excluding hydrogens is 764 g/mol. The third-order valence-electron chi connectivity index (χ3n) is 11.5. The van der Waals surface area contributed by atoms with Crippen LogP contribution in [0.15, 0.2) is 30.4 Å². The number of fused-ring (bicyclic) bond motifs is 2. The molecule has 2 aliphatic rings. The summed E-state index contributed by atoms with van der Waals surface area (Å²) in [4.78, 5) is 53.5. The van der Waals surface area contributed by atoms with E-state index in [0.29, 0.717) is 19.3 Å². The zero-order chi connectivity index (χ0) is 42.5. The van der Waals surface area contributed by atoms with Crippen LogP contribution in [0.25, 0.3) is 0 Å². The predicted molar refractivity (Wildman–Crippen MR) is 238 cm³/mol. The molecule has 3 unspecified atom stereocenters. The van der Waals surface area contributed by atoms with Gasteiger partial charge in [-0.1, -0.05) is 198 Å². The Kier molecular flexibility index (Phi) is 26.4. The molecule has 1 saturated heterocycles. The van der Waals surface area contributed by atoms with Gasteiger partial charge in [0.15, 0.2) is 11.5 Å². The van der Waals surface area contributed by atoms with Gasteiger partial charge in [0.25, 0.3) is 0 Å². The largest absolute Gasteiger partial charge is 0.459 e. The van der Waals surface area contributed by atoms with Gasteiger partial charge in [-0.15, -0.1) is 0 Å². The van der Waals surface area contributed by atoms with Crippen LogP contribution >= 0.6 is 11.6 Å². The molecule has 59 heavy (non-hydrogen) atoms. The Hall–Kier alpha value is -2.97. The molecule has 0 N–H and O–H groups in total. The van der Waals surface area contributed by atoms with Crippen LogP contribution in [0.5, 0.6) is 11.5 Å². The normalized spacial score (nSPS) is 18.9. The monoisotopic (exact) mass is 841 g/mol. The maximum atomic E-state index is 13.9. The molecule has 1 aromatic carbocycles. The number of ether oxygens (including phenoxy) is 4. The Balaban J connectivity index is 1.60. The summed E-state index contributed by atoms with van der Waals surface area (Å²) in [6.07, 6.45) is 37.4. The van der Waals surface area contributed by atoms with Crippen molar-refractivity contribution in [2.75, 3.05) is 0 Å². The van der Waals surface area contributed by atoms with Gasteiger partial charge < -0.3 is 18.9 Å². The van der Waals surface area contributed by atoms with E-state index in [0.717, 1.165) is 38.5 Å². The van der Waals surface area contributed by atoms with Crippen molar-refractivity contribution in [1.29, 1.82) is 0 Å². The lowest BCUT2D eigenvalue weighted by Crippen LogP contribution is -2.22. The molecule has 2 heterocycles. The second kappa shape index (κ2) is 31.0. The van der Waals surface area contributed by atoms with Crippen LogP contribution in [0.1, 0.15) is 223 Å². The fourth-order valence-electron chi connectivity index (χ4n) is 7.83. The lowest BCUT2D eigenvalue weighted by atomic mass is 9.99. The first-order chi connectivity index (χ1) is 28.7. The van der Waals surface area contributed by atoms with Crippen LogP contribution in [0.2, 0.25) is 5.02 Å². The molecule has 9 heteroatoms. The van der Waals surface area contributed by atoms with Crippen LogP contribution < -0.4 is 9.47 Å². The number of hydrogen-bond donors (Lipinski definition) is 0. The van der Waals surface area contributed by atoms with Crippen molar-refractivity contribution in [1.82, 2.24) is 0 Å². The number of halogens is 1. The number of esters is 3. The van der Waals surface area contributed by atoms with Gasteiger partial charge >= 0.3 is 17.9 Å². The molecule has 0 aromatic heterocycles. The molecule has 8 nitrogen and oxygen atoms in total. The average molecular weight is 842 g/mol. The van der Waals surface area contributed by atoms with Crippen molar-refractivity contribution in [2.24, 2.45) is 0 Å². The van der Waals surface area contributed by atoms with E-state index >= 15 is 0 Å². The summed E-state index contributed by atoms with van der Waals surface area (Å²) < 4.78 is 23.2. The van der Waals surface area contributed by atoms with Crippen molar-refractivity contribution >= 4 is 35.3 Å². The van der Waals surface area contributed by atoms with Gasteiger partial charge in [-0.25, -0.2) is 4.79 Å². The van der Waals surface area contributed by atoms with Crippen LogP contribution in [-0.2, 0) is 30.3 Å². The van der Waals surface area contributed by atoms with Crippen LogP contribution in [0.4, 0.5) is 0 Å². The number of benzene rings is 1. The van der Waals surface area contributed by atoms with Crippen molar-refractivity contribution in [3.63, 3.8) is 0 Å². The molecule has 0 aliphatic carbocycles. The predicted octanol–water partition coefficient (Wildman–Crippen LogP) is 14.1. The zero-order valence-corrected chi connectivity index (χ0v) is 37.7. The summed E-state index contributed by atoms with van der Waals surface area (Å²) in [7, 11) is 0. The molecular formula is C50H77ClO8. The van der Waals surface area contributed by atoms with E-state index in [-0.39, 0.29) is 64.9 Å². The third kappa shape index (κ3) is 21.9. The maximum absolute atomic E-state index is 13.9. The number of hydrogen-bond acceptors (Lipinski definition) is 8. The first-order valence-electron chi connectivity index (χ1n) is 23.7. The van der Waals surface area contributed by atoms with Crippen LogP contribution in [-0.4, -0.2) is 42.0 Å². The van der Waals surface area contributed by atoms with Gasteiger partial charge in [0.05, 0.1) is 11.1 Å². The van der Waals surface area contributed by atoms with E-state index in [1.807, 2.05) is 6.08 Å². The minimum Gasteiger partial charge on any atom is -0.459 e. The third-order valence-corrected chi connectivity index (χ3v) is 11.9. The fourth-order valence-corrected chi connectivity index (χ4v) is 8.08. The molecule has 3 atom stereocenters. The second-order valence-electron chi connectivity index (χ2n) is 17.0. The minimum atomic E-state index is -0.774. The topological polar surface area (TPSA) is 108 Å². The maximum Gasteiger partial charge on any atom is 0.342 e. The molecule has 0 saturated carbocycles. The second-order valence-corrected chi connectivity index (χ2v) is 17.3. The molecule has 0 spiro atoms. The van der Waals surface area contributed by atoms with Crippen molar-refractivity contribution in [2.45, 2.75) is 232 Å². The van der Waals surface area contributed by atoms with Gasteiger partial charge in [-0.3, -0.25) is 14.4 Å². The molecule has 1 fully saturated rings. The summed E-state index contributed by atoms with van der Waals surface area (Å²) >= 11 is 6.88. The Morgan fingerprint density at radius 3 is 1.56 bits per heavy atom. The summed E-state index contributed by atoms with van der Waals surface area (Å²) in [5.41, 5.74) is -0.0189. The Labute approximate surface area is 362 Å². The van der Waals surface area contributed by atoms with E-state index in [2.05, 4.69) is 13.8 Å². The van der Waals surface area contributed by atoms with Crippen molar-refractivity contribution in [3.8, 4) is 11.5 Å². The Morgan fingerprint density at radius 1 is 0.644 bits per heavy atom. The zero-order valence-electron chi connectivity index (χ0n) is 37.0. The lowest BCUT2D eigenvalue weighted by Gasteiger charge is -2.20. The summed E-state index contributed by atoms with van der Waals surface area (Å²) in [6, 6.07) is 1.32. The summed E-state index contributed by atoms with van der Waals surface area (Å²) in [5.74, 6) is -2.30. The fraction of sp³-hybridized carbons (Fsp3) is 0.720. The number of allylic oxidation sites excluding steroid dienone is 3. The number of ketones is 1.